The van der Waals surface area contributed by atoms with E-state index in [1.807, 2.05) is 13.8 Å². The van der Waals surface area contributed by atoms with Gasteiger partial charge in [0.2, 0.25) is 0 Å². The second-order valence-electron chi connectivity index (χ2n) is 6.62. The number of fused-ring (bicyclic) bond motifs is 5. The van der Waals surface area contributed by atoms with E-state index in [2.05, 4.69) is 73.7 Å². The van der Waals surface area contributed by atoms with Gasteiger partial charge in [-0.3, -0.25) is 0 Å². The Morgan fingerprint density at radius 3 is 2.04 bits per heavy atom. The highest BCUT2D eigenvalue weighted by Crippen LogP contribution is 2.53. The van der Waals surface area contributed by atoms with Crippen LogP contribution in [0.1, 0.15) is 57.6 Å². The van der Waals surface area contributed by atoms with Gasteiger partial charge in [0.15, 0.2) is 0 Å². The molecule has 2 aliphatic carbocycles. The van der Waals surface area contributed by atoms with Crippen molar-refractivity contribution in [3.05, 3.63) is 83.5 Å². The zero-order valence-corrected chi connectivity index (χ0v) is 15.2. The molecule has 0 heteroatoms. The fourth-order valence-electron chi connectivity index (χ4n) is 4.25. The van der Waals surface area contributed by atoms with Crippen LogP contribution in [0.5, 0.6) is 0 Å². The van der Waals surface area contributed by atoms with Gasteiger partial charge in [-0.05, 0) is 54.9 Å². The molecule has 0 nitrogen and oxygen atoms in total. The molecule has 1 spiro atoms. The molecule has 2 aliphatic rings. The van der Waals surface area contributed by atoms with Gasteiger partial charge in [-0.15, -0.1) is 0 Å². The Labute approximate surface area is 146 Å². The monoisotopic (exact) mass is 316 g/mol. The second kappa shape index (κ2) is 7.21. The van der Waals surface area contributed by atoms with Crippen molar-refractivity contribution < 1.29 is 0 Å². The predicted molar refractivity (Wildman–Crippen MR) is 105 cm³/mol. The third-order valence-electron chi connectivity index (χ3n) is 5.30. The summed E-state index contributed by atoms with van der Waals surface area (Å²) in [6.45, 7) is 6.21. The molecular weight excluding hydrogens is 288 g/mol. The van der Waals surface area contributed by atoms with E-state index in [9.17, 15) is 0 Å². The first-order chi connectivity index (χ1) is 11.8. The van der Waals surface area contributed by atoms with E-state index in [0.29, 0.717) is 0 Å². The molecule has 2 aromatic rings. The Bertz CT molecular complexity index is 716. The summed E-state index contributed by atoms with van der Waals surface area (Å²) >= 11 is 0. The fraction of sp³-hybridized carbons (Fsp3) is 0.333. The Morgan fingerprint density at radius 1 is 0.833 bits per heavy atom. The predicted octanol–water partition coefficient (Wildman–Crippen LogP) is 7.06. The molecule has 0 unspecified atom stereocenters. The van der Waals surface area contributed by atoms with Crippen LogP contribution in [0.4, 0.5) is 0 Å². The van der Waals surface area contributed by atoms with Crippen LogP contribution in [0.3, 0.4) is 0 Å². The van der Waals surface area contributed by atoms with Crippen molar-refractivity contribution >= 4 is 0 Å². The Morgan fingerprint density at radius 2 is 1.42 bits per heavy atom. The minimum absolute atomic E-state index is 0.169. The Hall–Kier alpha value is -2.08. The number of hydrogen-bond acceptors (Lipinski definition) is 0. The molecule has 0 saturated carbocycles. The van der Waals surface area contributed by atoms with Crippen molar-refractivity contribution in [3.8, 4) is 11.1 Å². The minimum Gasteiger partial charge on any atom is -0.0831 e. The summed E-state index contributed by atoms with van der Waals surface area (Å²) < 4.78 is 0. The summed E-state index contributed by atoms with van der Waals surface area (Å²) in [5, 5.41) is 0. The van der Waals surface area contributed by atoms with E-state index in [1.54, 1.807) is 0 Å². The van der Waals surface area contributed by atoms with E-state index in [4.69, 9.17) is 0 Å². The van der Waals surface area contributed by atoms with Crippen LogP contribution in [-0.4, -0.2) is 0 Å². The van der Waals surface area contributed by atoms with Crippen molar-refractivity contribution in [3.63, 3.8) is 0 Å². The summed E-state index contributed by atoms with van der Waals surface area (Å²) in [6, 6.07) is 18.0. The number of benzene rings is 2. The van der Waals surface area contributed by atoms with Gasteiger partial charge >= 0.3 is 0 Å². The molecule has 0 amide bonds. The van der Waals surface area contributed by atoms with Gasteiger partial charge in [-0.1, -0.05) is 86.2 Å². The van der Waals surface area contributed by atoms with Gasteiger partial charge in [0.25, 0.3) is 0 Å². The maximum absolute atomic E-state index is 2.38. The lowest BCUT2D eigenvalue weighted by atomic mass is 9.72. The Balaban J connectivity index is 0.000000815. The largest absolute Gasteiger partial charge is 0.0831 e. The van der Waals surface area contributed by atoms with E-state index >= 15 is 0 Å². The zero-order chi connectivity index (χ0) is 17.0. The van der Waals surface area contributed by atoms with E-state index in [1.165, 1.54) is 47.1 Å². The number of allylic oxidation sites excluding steroid dienone is 4. The third kappa shape index (κ3) is 2.75. The first kappa shape index (κ1) is 16.8. The molecule has 0 heterocycles. The van der Waals surface area contributed by atoms with Crippen molar-refractivity contribution in [2.45, 2.75) is 51.9 Å². The molecule has 2 aromatic carbocycles. The van der Waals surface area contributed by atoms with Crippen LogP contribution in [0.15, 0.2) is 72.3 Å². The lowest BCUT2D eigenvalue weighted by Crippen LogP contribution is -2.24. The quantitative estimate of drug-likeness (QED) is 0.488. The first-order valence-electron chi connectivity index (χ1n) is 9.34. The summed E-state index contributed by atoms with van der Waals surface area (Å²) in [5.74, 6) is 0. The molecular formula is C24H28. The lowest BCUT2D eigenvalue weighted by molar-refractivity contribution is 0.473. The minimum atomic E-state index is 0.169. The summed E-state index contributed by atoms with van der Waals surface area (Å²) in [5.41, 5.74) is 7.51. The molecule has 0 aliphatic heterocycles. The second-order valence-corrected chi connectivity index (χ2v) is 6.62. The zero-order valence-electron chi connectivity index (χ0n) is 15.2. The standard InChI is InChI=1S/C22H22.C2H6/c1-17-9-6-7-15-22(16-8-10-17)20-13-4-2-11-18(20)19-12-3-5-14-21(19)22;1-2/h2-5,8-14H,6-7,15-16H2,1H3;1-2H3/b10-8-,17-9-;. The normalized spacial score (nSPS) is 21.0. The molecule has 0 fully saturated rings. The van der Waals surface area contributed by atoms with Crippen LogP contribution >= 0.6 is 0 Å². The Kier molecular flexibility index (Phi) is 5.04. The SMILES string of the molecule is CC.CC1=C/CCCC2(C/C=C\1)c1ccccc1-c1ccccc12. The van der Waals surface area contributed by atoms with E-state index in [0.717, 1.165) is 6.42 Å². The summed E-state index contributed by atoms with van der Waals surface area (Å²) in [4.78, 5) is 0. The van der Waals surface area contributed by atoms with Crippen LogP contribution in [0.2, 0.25) is 0 Å². The fourth-order valence-corrected chi connectivity index (χ4v) is 4.25. The van der Waals surface area contributed by atoms with Crippen molar-refractivity contribution in [2.24, 2.45) is 0 Å². The summed E-state index contributed by atoms with van der Waals surface area (Å²) in [7, 11) is 0. The smallest absolute Gasteiger partial charge is 0.0249 e. The highest BCUT2D eigenvalue weighted by molar-refractivity contribution is 5.81. The van der Waals surface area contributed by atoms with Crippen LogP contribution < -0.4 is 0 Å². The van der Waals surface area contributed by atoms with Gasteiger partial charge < -0.3 is 0 Å². The molecule has 0 aromatic heterocycles. The van der Waals surface area contributed by atoms with Gasteiger partial charge in [0.1, 0.15) is 0 Å². The van der Waals surface area contributed by atoms with E-state index in [-0.39, 0.29) is 5.41 Å². The molecule has 4 rings (SSSR count). The third-order valence-corrected chi connectivity index (χ3v) is 5.30. The van der Waals surface area contributed by atoms with Crippen LogP contribution in [0.25, 0.3) is 11.1 Å². The molecule has 0 bridgehead atoms. The van der Waals surface area contributed by atoms with Crippen LogP contribution in [-0.2, 0) is 5.41 Å². The maximum Gasteiger partial charge on any atom is 0.0249 e. The molecule has 0 N–H and O–H groups in total. The number of rotatable bonds is 0. The first-order valence-corrected chi connectivity index (χ1v) is 9.34. The topological polar surface area (TPSA) is 0 Å². The van der Waals surface area contributed by atoms with Gasteiger partial charge in [0, 0.05) is 5.41 Å². The summed E-state index contributed by atoms with van der Waals surface area (Å²) in [6.07, 6.45) is 11.8. The average molecular weight is 316 g/mol. The van der Waals surface area contributed by atoms with Crippen molar-refractivity contribution in [2.75, 3.05) is 0 Å². The molecule has 0 atom stereocenters. The van der Waals surface area contributed by atoms with E-state index < -0.39 is 0 Å². The van der Waals surface area contributed by atoms with Gasteiger partial charge in [-0.2, -0.15) is 0 Å². The highest BCUT2D eigenvalue weighted by atomic mass is 14.4. The van der Waals surface area contributed by atoms with Crippen molar-refractivity contribution in [1.82, 2.24) is 0 Å². The average Bonchev–Trinajstić information content (AvgIpc) is 2.96. The van der Waals surface area contributed by atoms with Gasteiger partial charge in [-0.25, -0.2) is 0 Å². The van der Waals surface area contributed by atoms with Crippen molar-refractivity contribution in [1.29, 1.82) is 0 Å². The van der Waals surface area contributed by atoms with Gasteiger partial charge in [0.05, 0.1) is 0 Å². The maximum atomic E-state index is 2.38. The molecule has 24 heavy (non-hydrogen) atoms. The number of hydrogen-bond donors (Lipinski definition) is 0. The highest BCUT2D eigenvalue weighted by Gasteiger charge is 2.41. The van der Waals surface area contributed by atoms with Crippen LogP contribution in [0, 0.1) is 0 Å². The molecule has 0 radical (unpaired) electrons. The lowest BCUT2D eigenvalue weighted by Gasteiger charge is -2.31. The molecule has 124 valence electrons. The molecule has 0 saturated heterocycles.